The lowest BCUT2D eigenvalue weighted by Gasteiger charge is -2.07. The van der Waals surface area contributed by atoms with Gasteiger partial charge in [0, 0.05) is 30.3 Å². The number of nitrogens with one attached hydrogen (secondary N) is 2. The van der Waals surface area contributed by atoms with Gasteiger partial charge in [-0.05, 0) is 31.0 Å². The van der Waals surface area contributed by atoms with Crippen LogP contribution in [-0.2, 0) is 4.79 Å². The van der Waals surface area contributed by atoms with Gasteiger partial charge >= 0.3 is 0 Å². The van der Waals surface area contributed by atoms with Crippen LogP contribution in [0.2, 0.25) is 0 Å². The fraction of sp³-hybridized carbons (Fsp3) is 0.385. The van der Waals surface area contributed by atoms with Crippen molar-refractivity contribution < 1.29 is 9.59 Å². The molecule has 0 aliphatic heterocycles. The second-order valence-corrected chi connectivity index (χ2v) is 4.45. The quantitative estimate of drug-likeness (QED) is 0.556. The number of carbonyl (C=O) groups is 2. The van der Waals surface area contributed by atoms with Gasteiger partial charge in [-0.3, -0.25) is 9.59 Å². The molecule has 0 saturated heterocycles. The molecule has 2 amide bonds. The maximum absolute atomic E-state index is 11.7. The van der Waals surface area contributed by atoms with Crippen LogP contribution < -0.4 is 16.4 Å². The summed E-state index contributed by atoms with van der Waals surface area (Å²) < 4.78 is 0. The Balaban J connectivity index is 0.00000180. The third-order valence-electron chi connectivity index (χ3n) is 2.81. The molecule has 1 fully saturated rings. The van der Waals surface area contributed by atoms with Gasteiger partial charge in [-0.1, -0.05) is 6.07 Å². The molecular formula is C13H18ClN3O2. The Hall–Kier alpha value is -1.75. The van der Waals surface area contributed by atoms with Crippen LogP contribution in [0.4, 0.5) is 5.69 Å². The molecule has 5 nitrogen and oxygen atoms in total. The van der Waals surface area contributed by atoms with Gasteiger partial charge in [0.15, 0.2) is 0 Å². The van der Waals surface area contributed by atoms with E-state index in [0.29, 0.717) is 24.3 Å². The molecule has 1 aliphatic rings. The van der Waals surface area contributed by atoms with E-state index >= 15 is 0 Å². The third kappa shape index (κ3) is 4.79. The monoisotopic (exact) mass is 283 g/mol. The van der Waals surface area contributed by atoms with E-state index in [9.17, 15) is 9.59 Å². The lowest BCUT2D eigenvalue weighted by Crippen LogP contribution is -2.35. The molecule has 0 atom stereocenters. The molecule has 0 radical (unpaired) electrons. The average Bonchev–Trinajstić information content (AvgIpc) is 3.18. The summed E-state index contributed by atoms with van der Waals surface area (Å²) in [4.78, 5) is 23.0. The molecule has 0 unspecified atom stereocenters. The topological polar surface area (TPSA) is 84.2 Å². The minimum atomic E-state index is -0.178. The number of hydrogen-bond donors (Lipinski definition) is 3. The van der Waals surface area contributed by atoms with Crippen LogP contribution in [0.15, 0.2) is 24.3 Å². The van der Waals surface area contributed by atoms with E-state index in [1.165, 1.54) is 0 Å². The van der Waals surface area contributed by atoms with E-state index in [1.54, 1.807) is 24.3 Å². The summed E-state index contributed by atoms with van der Waals surface area (Å²) >= 11 is 0. The number of benzene rings is 1. The maximum atomic E-state index is 11.7. The summed E-state index contributed by atoms with van der Waals surface area (Å²) in [6, 6.07) is 6.79. The second kappa shape index (κ2) is 6.99. The van der Waals surface area contributed by atoms with Gasteiger partial charge in [-0.25, -0.2) is 0 Å². The van der Waals surface area contributed by atoms with Crippen LogP contribution in [0.3, 0.4) is 0 Å². The predicted octanol–water partition coefficient (Wildman–Crippen LogP) is 0.947. The van der Waals surface area contributed by atoms with Crippen molar-refractivity contribution in [3.63, 3.8) is 0 Å². The fourth-order valence-electron chi connectivity index (χ4n) is 1.63. The summed E-state index contributed by atoms with van der Waals surface area (Å²) in [7, 11) is 0. The van der Waals surface area contributed by atoms with E-state index in [1.807, 2.05) is 0 Å². The molecule has 1 saturated carbocycles. The number of nitrogens with two attached hydrogens (primary N) is 1. The van der Waals surface area contributed by atoms with Gasteiger partial charge in [0.2, 0.25) is 5.91 Å². The lowest BCUT2D eigenvalue weighted by atomic mass is 10.2. The first-order valence-electron chi connectivity index (χ1n) is 6.08. The highest BCUT2D eigenvalue weighted by atomic mass is 35.5. The van der Waals surface area contributed by atoms with Gasteiger partial charge in [-0.2, -0.15) is 0 Å². The number of nitrogen functional groups attached to an aromatic ring is 1. The lowest BCUT2D eigenvalue weighted by molar-refractivity contribution is -0.122. The molecule has 0 spiro atoms. The van der Waals surface area contributed by atoms with Gasteiger partial charge in [0.1, 0.15) is 0 Å². The van der Waals surface area contributed by atoms with Crippen molar-refractivity contribution in [1.82, 2.24) is 10.6 Å². The van der Waals surface area contributed by atoms with Crippen molar-refractivity contribution >= 4 is 29.9 Å². The maximum Gasteiger partial charge on any atom is 0.251 e. The Kier molecular flexibility index (Phi) is 5.63. The molecule has 2 rings (SSSR count). The van der Waals surface area contributed by atoms with E-state index < -0.39 is 0 Å². The Bertz CT molecular complexity index is 461. The highest BCUT2D eigenvalue weighted by Gasteiger charge is 2.28. The summed E-state index contributed by atoms with van der Waals surface area (Å²) in [6.45, 7) is 0.884. The zero-order chi connectivity index (χ0) is 13.0. The van der Waals surface area contributed by atoms with Crippen LogP contribution in [0.25, 0.3) is 0 Å². The summed E-state index contributed by atoms with van der Waals surface area (Å²) in [5, 5.41) is 5.52. The number of amides is 2. The predicted molar refractivity (Wildman–Crippen MR) is 76.2 cm³/mol. The van der Waals surface area contributed by atoms with Crippen molar-refractivity contribution in [1.29, 1.82) is 0 Å². The summed E-state index contributed by atoms with van der Waals surface area (Å²) in [5.74, 6) is 0.116. The molecule has 1 aromatic carbocycles. The molecule has 0 aromatic heterocycles. The first-order chi connectivity index (χ1) is 8.66. The van der Waals surface area contributed by atoms with E-state index in [0.717, 1.165) is 12.8 Å². The number of hydrogen-bond acceptors (Lipinski definition) is 3. The zero-order valence-corrected chi connectivity index (χ0v) is 11.3. The molecule has 4 N–H and O–H groups in total. The van der Waals surface area contributed by atoms with Crippen molar-refractivity contribution in [2.24, 2.45) is 5.92 Å². The van der Waals surface area contributed by atoms with Crippen LogP contribution in [0.5, 0.6) is 0 Å². The highest BCUT2D eigenvalue weighted by Crippen LogP contribution is 2.28. The Morgan fingerprint density at radius 1 is 1.21 bits per heavy atom. The summed E-state index contributed by atoms with van der Waals surface area (Å²) in [5.41, 5.74) is 6.69. The Morgan fingerprint density at radius 2 is 1.89 bits per heavy atom. The van der Waals surface area contributed by atoms with Crippen LogP contribution in [0, 0.1) is 5.92 Å². The van der Waals surface area contributed by atoms with E-state index in [-0.39, 0.29) is 30.1 Å². The minimum Gasteiger partial charge on any atom is -0.399 e. The first kappa shape index (κ1) is 15.3. The number of anilines is 1. The van der Waals surface area contributed by atoms with Gasteiger partial charge < -0.3 is 16.4 Å². The smallest absolute Gasteiger partial charge is 0.251 e. The molecule has 104 valence electrons. The van der Waals surface area contributed by atoms with Crippen molar-refractivity contribution in [2.75, 3.05) is 18.8 Å². The van der Waals surface area contributed by atoms with E-state index in [4.69, 9.17) is 5.73 Å². The molecule has 6 heteroatoms. The number of carbonyl (C=O) groups excluding carboxylic acids is 2. The Labute approximate surface area is 118 Å². The molecule has 0 heterocycles. The van der Waals surface area contributed by atoms with Crippen molar-refractivity contribution in [3.8, 4) is 0 Å². The molecule has 1 aromatic rings. The number of rotatable bonds is 5. The zero-order valence-electron chi connectivity index (χ0n) is 10.5. The van der Waals surface area contributed by atoms with Crippen molar-refractivity contribution in [3.05, 3.63) is 29.8 Å². The SMILES string of the molecule is Cl.Nc1cccc(C(=O)NCCNC(=O)C2CC2)c1. The second-order valence-electron chi connectivity index (χ2n) is 4.45. The van der Waals surface area contributed by atoms with Gasteiger partial charge in [-0.15, -0.1) is 12.4 Å². The fourth-order valence-corrected chi connectivity index (χ4v) is 1.63. The van der Waals surface area contributed by atoms with Gasteiger partial charge in [0.05, 0.1) is 0 Å². The molecule has 1 aliphatic carbocycles. The molecular weight excluding hydrogens is 266 g/mol. The largest absolute Gasteiger partial charge is 0.399 e. The van der Waals surface area contributed by atoms with Crippen molar-refractivity contribution in [2.45, 2.75) is 12.8 Å². The standard InChI is InChI=1S/C13H17N3O2.ClH/c14-11-3-1-2-10(8-11)13(18)16-7-6-15-12(17)9-4-5-9;/h1-3,8-9H,4-7,14H2,(H,15,17)(H,16,18);1H. The average molecular weight is 284 g/mol. The first-order valence-corrected chi connectivity index (χ1v) is 6.08. The van der Waals surface area contributed by atoms with Gasteiger partial charge in [0.25, 0.3) is 5.91 Å². The van der Waals surface area contributed by atoms with Crippen LogP contribution in [-0.4, -0.2) is 24.9 Å². The Morgan fingerprint density at radius 3 is 2.53 bits per heavy atom. The molecule has 19 heavy (non-hydrogen) atoms. The number of halogens is 1. The highest BCUT2D eigenvalue weighted by molar-refractivity contribution is 5.95. The normalized spacial score (nSPS) is 13.3. The summed E-state index contributed by atoms with van der Waals surface area (Å²) in [6.07, 6.45) is 1.98. The van der Waals surface area contributed by atoms with E-state index in [2.05, 4.69) is 10.6 Å². The van der Waals surface area contributed by atoms with Crippen LogP contribution in [0.1, 0.15) is 23.2 Å². The third-order valence-corrected chi connectivity index (χ3v) is 2.81. The minimum absolute atomic E-state index is 0. The van der Waals surface area contributed by atoms with Crippen LogP contribution >= 0.6 is 12.4 Å². The molecule has 0 bridgehead atoms.